The summed E-state index contributed by atoms with van der Waals surface area (Å²) < 4.78 is 45.0. The van der Waals surface area contributed by atoms with Gasteiger partial charge in [-0.15, -0.1) is 0 Å². The highest BCUT2D eigenvalue weighted by Crippen LogP contribution is 2.34. The smallest absolute Gasteiger partial charge is 0.217 e. The molecule has 4 fully saturated rings. The normalized spacial score (nSPS) is 50.2. The lowest BCUT2D eigenvalue weighted by Gasteiger charge is -2.49. The van der Waals surface area contributed by atoms with E-state index in [-0.39, 0.29) is 0 Å². The maximum absolute atomic E-state index is 11.9. The molecular formula is C27H47NO20. The molecule has 0 bridgehead atoms. The number of aliphatic hydroxyl groups is 11. The maximum Gasteiger partial charge on any atom is 0.217 e. The minimum atomic E-state index is -1.95. The zero-order valence-electron chi connectivity index (χ0n) is 26.3. The Morgan fingerprint density at radius 1 is 0.625 bits per heavy atom. The zero-order valence-corrected chi connectivity index (χ0v) is 26.3. The van der Waals surface area contributed by atoms with Crippen molar-refractivity contribution in [3.8, 4) is 0 Å². The standard InChI is InChI=1S/C27H47NO20/c1-7-13(32)17(36)19(38)26(43-7)42-6-11-21(41-3)22(20(39)24(40)44-11)47-27-23(18(37)15(34)10(5-30)46-27)48-25-12(28-8(2)31)16(35)14(33)9(4-29)45-25/h7,9-27,29-30,32-40H,4-6H2,1-3H3,(H,28,31)/t7-,9-,10-,11-,12-,13-,14-,15-,16-,17+,18+,19+,20+,21-,22-,23+,24-,25+,26+,27-/m1/s1. The number of hydrogen-bond donors (Lipinski definition) is 12. The van der Waals surface area contributed by atoms with Gasteiger partial charge in [-0.25, -0.2) is 0 Å². The number of hydrogen-bond acceptors (Lipinski definition) is 20. The van der Waals surface area contributed by atoms with Gasteiger partial charge in [-0.1, -0.05) is 0 Å². The number of nitrogens with one attached hydrogen (secondary N) is 1. The lowest BCUT2D eigenvalue weighted by atomic mass is 9.95. The molecule has 0 saturated carbocycles. The van der Waals surface area contributed by atoms with Crippen LogP contribution >= 0.6 is 0 Å². The first-order valence-corrected chi connectivity index (χ1v) is 15.3. The number of rotatable bonds is 11. The Hall–Kier alpha value is -1.29. The first kappa shape index (κ1) is 39.5. The van der Waals surface area contributed by atoms with Gasteiger partial charge in [0, 0.05) is 14.0 Å². The van der Waals surface area contributed by atoms with Crippen LogP contribution in [0.15, 0.2) is 0 Å². The van der Waals surface area contributed by atoms with E-state index in [1.54, 1.807) is 0 Å². The van der Waals surface area contributed by atoms with Crippen LogP contribution in [0, 0.1) is 0 Å². The lowest BCUT2D eigenvalue weighted by Crippen LogP contribution is -2.68. The molecule has 48 heavy (non-hydrogen) atoms. The first-order valence-electron chi connectivity index (χ1n) is 15.3. The highest BCUT2D eigenvalue weighted by Gasteiger charge is 2.55. The summed E-state index contributed by atoms with van der Waals surface area (Å²) in [5, 5.41) is 116. The van der Waals surface area contributed by atoms with Gasteiger partial charge in [-0.2, -0.15) is 0 Å². The third-order valence-corrected chi connectivity index (χ3v) is 8.80. The van der Waals surface area contributed by atoms with Gasteiger partial charge < -0.3 is 99.4 Å². The Morgan fingerprint density at radius 3 is 1.79 bits per heavy atom. The molecule has 1 amide bonds. The molecule has 21 nitrogen and oxygen atoms in total. The number of aliphatic hydroxyl groups excluding tert-OH is 11. The van der Waals surface area contributed by atoms with Gasteiger partial charge in [0.2, 0.25) is 5.91 Å². The lowest BCUT2D eigenvalue weighted by molar-refractivity contribution is -0.383. The van der Waals surface area contributed by atoms with Crippen LogP contribution in [0.5, 0.6) is 0 Å². The van der Waals surface area contributed by atoms with E-state index >= 15 is 0 Å². The zero-order chi connectivity index (χ0) is 35.6. The third-order valence-electron chi connectivity index (χ3n) is 8.80. The van der Waals surface area contributed by atoms with Crippen LogP contribution in [-0.4, -0.2) is 212 Å². The molecule has 4 aliphatic heterocycles. The molecule has 0 unspecified atom stereocenters. The van der Waals surface area contributed by atoms with E-state index < -0.39 is 148 Å². The van der Waals surface area contributed by atoms with Crippen molar-refractivity contribution >= 4 is 5.91 Å². The molecule has 4 heterocycles. The SMILES string of the molecule is CO[C@H]1[C@H](O[C@H]2O[C@H](CO)[C@@H](O)[C@H](O)[C@@H]2O[C@@H]2O[C@H](CO)[C@@H](O)[C@H](O)[C@H]2NC(C)=O)[C@H](O)[C@H](O)O[C@@H]1CO[C@H]1O[C@H](C)[C@@H](O)[C@H](O)[C@@H]1O. The predicted molar refractivity (Wildman–Crippen MR) is 149 cm³/mol. The van der Waals surface area contributed by atoms with E-state index in [0.29, 0.717) is 0 Å². The summed E-state index contributed by atoms with van der Waals surface area (Å²) in [6.45, 7) is 0.415. The fraction of sp³-hybridized carbons (Fsp3) is 0.963. The molecule has 0 spiro atoms. The van der Waals surface area contributed by atoms with Crippen LogP contribution in [0.1, 0.15) is 13.8 Å². The molecule has 0 aliphatic carbocycles. The fourth-order valence-corrected chi connectivity index (χ4v) is 6.03. The molecule has 4 rings (SSSR count). The second-order valence-electron chi connectivity index (χ2n) is 12.1. The monoisotopic (exact) mass is 705 g/mol. The van der Waals surface area contributed by atoms with Gasteiger partial charge in [0.15, 0.2) is 25.2 Å². The van der Waals surface area contributed by atoms with E-state index in [0.717, 1.165) is 6.92 Å². The largest absolute Gasteiger partial charge is 0.394 e. The summed E-state index contributed by atoms with van der Waals surface area (Å²) in [6, 6.07) is -1.48. The van der Waals surface area contributed by atoms with E-state index in [1.807, 2.05) is 0 Å². The molecule has 21 heteroatoms. The van der Waals surface area contributed by atoms with Gasteiger partial charge >= 0.3 is 0 Å². The molecule has 0 aromatic carbocycles. The number of carbonyl (C=O) groups is 1. The molecule has 0 aromatic rings. The fourth-order valence-electron chi connectivity index (χ4n) is 6.03. The molecule has 4 aliphatic rings. The molecular weight excluding hydrogens is 658 g/mol. The van der Waals surface area contributed by atoms with Gasteiger partial charge in [0.1, 0.15) is 91.5 Å². The number of methoxy groups -OCH3 is 1. The third kappa shape index (κ3) is 8.26. The van der Waals surface area contributed by atoms with Gasteiger partial charge in [0.25, 0.3) is 0 Å². The molecule has 0 radical (unpaired) electrons. The summed E-state index contributed by atoms with van der Waals surface area (Å²) >= 11 is 0. The van der Waals surface area contributed by atoms with Crippen LogP contribution in [0.3, 0.4) is 0 Å². The summed E-state index contributed by atoms with van der Waals surface area (Å²) in [6.07, 6.45) is -30.4. The average molecular weight is 706 g/mol. The van der Waals surface area contributed by atoms with Crippen LogP contribution in [0.4, 0.5) is 0 Å². The van der Waals surface area contributed by atoms with E-state index in [1.165, 1.54) is 14.0 Å². The quantitative estimate of drug-likeness (QED) is 0.0949. The maximum atomic E-state index is 11.9. The Balaban J connectivity index is 1.57. The van der Waals surface area contributed by atoms with Crippen molar-refractivity contribution in [2.75, 3.05) is 26.9 Å². The summed E-state index contributed by atoms with van der Waals surface area (Å²) in [7, 11) is 1.19. The average Bonchev–Trinajstić information content (AvgIpc) is 3.05. The Morgan fingerprint density at radius 2 is 1.21 bits per heavy atom. The van der Waals surface area contributed by atoms with Crippen molar-refractivity contribution in [3.05, 3.63) is 0 Å². The van der Waals surface area contributed by atoms with Crippen molar-refractivity contribution in [1.82, 2.24) is 5.32 Å². The Labute approximate surface area is 274 Å². The highest BCUT2D eigenvalue weighted by molar-refractivity contribution is 5.73. The summed E-state index contributed by atoms with van der Waals surface area (Å²) in [4.78, 5) is 11.9. The van der Waals surface area contributed by atoms with E-state index in [9.17, 15) is 61.0 Å². The first-order chi connectivity index (χ1) is 22.6. The number of carbonyl (C=O) groups excluding carboxylic acids is 1. The van der Waals surface area contributed by atoms with E-state index in [2.05, 4.69) is 5.32 Å². The Kier molecular flexibility index (Phi) is 13.8. The highest BCUT2D eigenvalue weighted by atomic mass is 16.8. The predicted octanol–water partition coefficient (Wildman–Crippen LogP) is -7.92. The minimum absolute atomic E-state index is 0.497. The molecule has 20 atom stereocenters. The summed E-state index contributed by atoms with van der Waals surface area (Å²) in [5.41, 5.74) is 0. The van der Waals surface area contributed by atoms with Crippen LogP contribution in [0.25, 0.3) is 0 Å². The van der Waals surface area contributed by atoms with Crippen LogP contribution in [0.2, 0.25) is 0 Å². The van der Waals surface area contributed by atoms with Crippen molar-refractivity contribution in [2.24, 2.45) is 0 Å². The van der Waals surface area contributed by atoms with Crippen LogP contribution in [-0.2, 0) is 42.7 Å². The van der Waals surface area contributed by atoms with Gasteiger partial charge in [-0.3, -0.25) is 4.79 Å². The second kappa shape index (κ2) is 16.8. The van der Waals surface area contributed by atoms with Crippen molar-refractivity contribution in [3.63, 3.8) is 0 Å². The van der Waals surface area contributed by atoms with Gasteiger partial charge in [0.05, 0.1) is 25.9 Å². The van der Waals surface area contributed by atoms with Crippen molar-refractivity contribution in [2.45, 2.75) is 137 Å². The van der Waals surface area contributed by atoms with Crippen LogP contribution < -0.4 is 5.32 Å². The molecule has 0 aromatic heterocycles. The van der Waals surface area contributed by atoms with Crippen molar-refractivity contribution in [1.29, 1.82) is 0 Å². The van der Waals surface area contributed by atoms with E-state index in [4.69, 9.17) is 37.9 Å². The summed E-state index contributed by atoms with van der Waals surface area (Å²) in [5.74, 6) is -0.679. The topological polar surface area (TPSA) is 325 Å². The second-order valence-corrected chi connectivity index (χ2v) is 12.1. The Bertz CT molecular complexity index is 1030. The molecule has 12 N–H and O–H groups in total. The minimum Gasteiger partial charge on any atom is -0.394 e. The van der Waals surface area contributed by atoms with Gasteiger partial charge in [-0.05, 0) is 6.92 Å². The number of ether oxygens (including phenoxy) is 8. The molecule has 280 valence electrons. The molecule has 4 saturated heterocycles. The number of amides is 1. The van der Waals surface area contributed by atoms with Crippen molar-refractivity contribution < 1.29 is 98.9 Å².